The summed E-state index contributed by atoms with van der Waals surface area (Å²) in [4.78, 5) is 15.2. The van der Waals surface area contributed by atoms with Gasteiger partial charge in [-0.25, -0.2) is 9.78 Å². The van der Waals surface area contributed by atoms with Crippen LogP contribution in [0.3, 0.4) is 0 Å². The maximum absolute atomic E-state index is 11.3. The fraction of sp³-hybridized carbons (Fsp3) is 0.333. The van der Waals surface area contributed by atoms with Crippen molar-refractivity contribution in [3.63, 3.8) is 0 Å². The summed E-state index contributed by atoms with van der Waals surface area (Å²) in [5.74, 6) is -0.413. The van der Waals surface area contributed by atoms with Crippen LogP contribution in [0.5, 0.6) is 0 Å². The van der Waals surface area contributed by atoms with E-state index in [1.165, 1.54) is 0 Å². The van der Waals surface area contributed by atoms with Crippen molar-refractivity contribution in [2.24, 2.45) is 5.73 Å². The highest BCUT2D eigenvalue weighted by Gasteiger charge is 2.11. The second kappa shape index (κ2) is 8.47. The van der Waals surface area contributed by atoms with E-state index in [9.17, 15) is 4.79 Å². The molecule has 4 nitrogen and oxygen atoms in total. The minimum Gasteiger partial charge on any atom is -0.461 e. The van der Waals surface area contributed by atoms with Crippen LogP contribution in [0.2, 0.25) is 0 Å². The number of esters is 1. The van der Waals surface area contributed by atoms with Crippen LogP contribution in [0, 0.1) is 0 Å². The first kappa shape index (κ1) is 16.6. The zero-order valence-electron chi connectivity index (χ0n) is 8.30. The molecule has 6 heteroatoms. The van der Waals surface area contributed by atoms with Crippen LogP contribution in [0.4, 0.5) is 0 Å². The molecule has 0 unspecified atom stereocenters. The molecule has 1 rings (SSSR count). The van der Waals surface area contributed by atoms with Gasteiger partial charge in [-0.15, -0.1) is 24.8 Å². The van der Waals surface area contributed by atoms with E-state index in [2.05, 4.69) is 4.98 Å². The van der Waals surface area contributed by atoms with Crippen molar-refractivity contribution in [2.45, 2.75) is 13.5 Å². The maximum Gasteiger partial charge on any atom is 0.357 e. The Kier molecular flexibility index (Phi) is 9.36. The molecule has 0 aliphatic rings. The highest BCUT2D eigenvalue weighted by molar-refractivity contribution is 5.88. The number of hydrogen-bond acceptors (Lipinski definition) is 4. The number of aromatic nitrogens is 1. The Balaban J connectivity index is 0. The minimum atomic E-state index is -0.413. The quantitative estimate of drug-likeness (QED) is 0.830. The number of nitrogens with two attached hydrogens (primary N) is 1. The molecule has 0 bridgehead atoms. The van der Waals surface area contributed by atoms with Crippen molar-refractivity contribution in [3.8, 4) is 0 Å². The lowest BCUT2D eigenvalue weighted by Crippen LogP contribution is -2.12. The second-order valence-corrected chi connectivity index (χ2v) is 2.44. The third-order valence-corrected chi connectivity index (χ3v) is 1.58. The van der Waals surface area contributed by atoms with E-state index in [-0.39, 0.29) is 24.8 Å². The first-order chi connectivity index (χ1) is 6.29. The molecule has 0 aliphatic carbocycles. The molecule has 0 fully saturated rings. The molecule has 0 atom stereocenters. The molecule has 0 aliphatic heterocycles. The monoisotopic (exact) mass is 252 g/mol. The average Bonchev–Trinajstić information content (AvgIpc) is 2.18. The Morgan fingerprint density at radius 1 is 1.53 bits per heavy atom. The number of nitrogens with zero attached hydrogens (tertiary/aromatic N) is 1. The third-order valence-electron chi connectivity index (χ3n) is 1.58. The van der Waals surface area contributed by atoms with E-state index < -0.39 is 5.97 Å². The summed E-state index contributed by atoms with van der Waals surface area (Å²) in [6.45, 7) is 2.39. The van der Waals surface area contributed by atoms with Crippen LogP contribution < -0.4 is 5.73 Å². The number of pyridine rings is 1. The smallest absolute Gasteiger partial charge is 0.357 e. The van der Waals surface area contributed by atoms with Gasteiger partial charge in [-0.1, -0.05) is 6.07 Å². The van der Waals surface area contributed by atoms with Gasteiger partial charge in [-0.3, -0.25) is 0 Å². The van der Waals surface area contributed by atoms with Crippen LogP contribution in [0.1, 0.15) is 23.0 Å². The maximum atomic E-state index is 11.3. The summed E-state index contributed by atoms with van der Waals surface area (Å²) in [5, 5.41) is 0. The summed E-state index contributed by atoms with van der Waals surface area (Å²) in [5.41, 5.74) is 6.46. The summed E-state index contributed by atoms with van der Waals surface area (Å²) >= 11 is 0. The number of halogens is 2. The van der Waals surface area contributed by atoms with Crippen LogP contribution in [-0.4, -0.2) is 17.6 Å². The number of ether oxygens (including phenoxy) is 1. The van der Waals surface area contributed by atoms with Gasteiger partial charge < -0.3 is 10.5 Å². The molecule has 0 spiro atoms. The fourth-order valence-corrected chi connectivity index (χ4v) is 0.987. The molecule has 0 saturated heterocycles. The summed E-state index contributed by atoms with van der Waals surface area (Å²) in [7, 11) is 0. The average molecular weight is 253 g/mol. The lowest BCUT2D eigenvalue weighted by molar-refractivity contribution is 0.0518. The van der Waals surface area contributed by atoms with Gasteiger partial charge in [0.1, 0.15) is 0 Å². The Hall–Kier alpha value is -0.840. The Morgan fingerprint density at radius 2 is 2.20 bits per heavy atom. The van der Waals surface area contributed by atoms with Gasteiger partial charge in [0.15, 0.2) is 5.69 Å². The van der Waals surface area contributed by atoms with Crippen LogP contribution in [0.25, 0.3) is 0 Å². The molecule has 1 aromatic rings. The van der Waals surface area contributed by atoms with Crippen molar-refractivity contribution in [2.75, 3.05) is 6.61 Å². The lowest BCUT2D eigenvalue weighted by atomic mass is 10.2. The normalized spacial score (nSPS) is 8.40. The largest absolute Gasteiger partial charge is 0.461 e. The first-order valence-corrected chi connectivity index (χ1v) is 4.10. The molecule has 0 amide bonds. The van der Waals surface area contributed by atoms with Crippen molar-refractivity contribution >= 4 is 30.8 Å². The molecule has 2 N–H and O–H groups in total. The number of carbonyl (C=O) groups is 1. The van der Waals surface area contributed by atoms with Gasteiger partial charge >= 0.3 is 5.97 Å². The van der Waals surface area contributed by atoms with Gasteiger partial charge in [0.05, 0.1) is 6.61 Å². The van der Waals surface area contributed by atoms with Crippen LogP contribution in [-0.2, 0) is 11.3 Å². The fourth-order valence-electron chi connectivity index (χ4n) is 0.987. The van der Waals surface area contributed by atoms with Crippen LogP contribution >= 0.6 is 24.8 Å². The Morgan fingerprint density at radius 3 is 2.73 bits per heavy atom. The second-order valence-electron chi connectivity index (χ2n) is 2.44. The predicted octanol–water partition coefficient (Wildman–Crippen LogP) is 1.56. The van der Waals surface area contributed by atoms with E-state index in [1.54, 1.807) is 25.3 Å². The van der Waals surface area contributed by atoms with Crippen LogP contribution in [0.15, 0.2) is 18.3 Å². The zero-order chi connectivity index (χ0) is 9.68. The topological polar surface area (TPSA) is 65.2 Å². The van der Waals surface area contributed by atoms with Gasteiger partial charge in [0.2, 0.25) is 0 Å². The SMILES string of the molecule is CCOC(=O)c1ncccc1CN.Cl.Cl. The molecule has 0 saturated carbocycles. The van der Waals surface area contributed by atoms with E-state index in [0.717, 1.165) is 0 Å². The molecular formula is C9H14Cl2N2O2. The first-order valence-electron chi connectivity index (χ1n) is 4.10. The summed E-state index contributed by atoms with van der Waals surface area (Å²) in [6, 6.07) is 3.50. The van der Waals surface area contributed by atoms with Crippen molar-refractivity contribution < 1.29 is 9.53 Å². The molecule has 15 heavy (non-hydrogen) atoms. The molecule has 1 heterocycles. The zero-order valence-corrected chi connectivity index (χ0v) is 9.94. The third kappa shape index (κ3) is 4.46. The van der Waals surface area contributed by atoms with E-state index >= 15 is 0 Å². The van der Waals surface area contributed by atoms with Crippen molar-refractivity contribution in [1.29, 1.82) is 0 Å². The minimum absolute atomic E-state index is 0. The number of hydrogen-bond donors (Lipinski definition) is 1. The molecule has 0 aromatic carbocycles. The number of carbonyl (C=O) groups excluding carboxylic acids is 1. The van der Waals surface area contributed by atoms with E-state index in [0.29, 0.717) is 24.4 Å². The molecular weight excluding hydrogens is 239 g/mol. The van der Waals surface area contributed by atoms with Crippen molar-refractivity contribution in [1.82, 2.24) is 4.98 Å². The summed E-state index contributed by atoms with van der Waals surface area (Å²) in [6.07, 6.45) is 1.55. The highest BCUT2D eigenvalue weighted by Crippen LogP contribution is 2.05. The standard InChI is InChI=1S/C9H12N2O2.2ClH/c1-2-13-9(12)8-7(6-10)4-3-5-11-8;;/h3-5H,2,6,10H2,1H3;2*1H. The molecule has 86 valence electrons. The predicted molar refractivity (Wildman–Crippen MR) is 62.6 cm³/mol. The van der Waals surface area contributed by atoms with E-state index in [4.69, 9.17) is 10.5 Å². The summed E-state index contributed by atoms with van der Waals surface area (Å²) < 4.78 is 4.81. The highest BCUT2D eigenvalue weighted by atomic mass is 35.5. The van der Waals surface area contributed by atoms with Gasteiger partial charge in [-0.2, -0.15) is 0 Å². The van der Waals surface area contributed by atoms with Gasteiger partial charge in [0.25, 0.3) is 0 Å². The molecule has 1 aromatic heterocycles. The Labute approximate surface area is 101 Å². The molecule has 0 radical (unpaired) electrons. The van der Waals surface area contributed by atoms with Crippen molar-refractivity contribution in [3.05, 3.63) is 29.6 Å². The Bertz CT molecular complexity index is 308. The number of rotatable bonds is 3. The van der Waals surface area contributed by atoms with E-state index in [1.807, 2.05) is 0 Å². The van der Waals surface area contributed by atoms with Gasteiger partial charge in [0, 0.05) is 12.7 Å². The lowest BCUT2D eigenvalue weighted by Gasteiger charge is -2.04. The van der Waals surface area contributed by atoms with Gasteiger partial charge in [-0.05, 0) is 18.6 Å².